The number of phenols is 1. The molecule has 2 aliphatic rings. The maximum Gasteiger partial charge on any atom is 0.231 e. The number of aromatic hydroxyl groups is 1. The summed E-state index contributed by atoms with van der Waals surface area (Å²) < 4.78 is 11.3. The molecule has 0 spiro atoms. The molecule has 0 bridgehead atoms. The predicted molar refractivity (Wildman–Crippen MR) is 111 cm³/mol. The van der Waals surface area contributed by atoms with Crippen molar-refractivity contribution >= 4 is 11.9 Å². The standard InChI is InChI=1S/C24H25NO4/c1-28-21-10-4-3-8-17(21)9-7-11-22-23(27)18-12-13-20(26)19(24(18)29-22)16-25-14-5-2-6-15-25/h3-4,7-13,26H,2,5-6,14-16H2,1H3/p+1/b9-7+,22-11-. The molecule has 0 aromatic heterocycles. The van der Waals surface area contributed by atoms with Gasteiger partial charge in [0.15, 0.2) is 11.5 Å². The van der Waals surface area contributed by atoms with Crippen LogP contribution in [0.15, 0.2) is 54.3 Å². The molecule has 1 fully saturated rings. The molecule has 1 saturated heterocycles. The van der Waals surface area contributed by atoms with Gasteiger partial charge in [0.05, 0.1) is 31.3 Å². The summed E-state index contributed by atoms with van der Waals surface area (Å²) in [7, 11) is 1.63. The van der Waals surface area contributed by atoms with E-state index in [0.717, 1.165) is 30.0 Å². The number of rotatable bonds is 5. The Labute approximate surface area is 170 Å². The Morgan fingerprint density at radius 3 is 2.72 bits per heavy atom. The Morgan fingerprint density at radius 1 is 1.14 bits per heavy atom. The van der Waals surface area contributed by atoms with E-state index in [9.17, 15) is 9.90 Å². The van der Waals surface area contributed by atoms with Crippen LogP contribution in [-0.4, -0.2) is 31.1 Å². The smallest absolute Gasteiger partial charge is 0.231 e. The lowest BCUT2D eigenvalue weighted by Gasteiger charge is -2.24. The first kappa shape index (κ1) is 19.3. The summed E-state index contributed by atoms with van der Waals surface area (Å²) in [4.78, 5) is 14.2. The maximum atomic E-state index is 12.8. The van der Waals surface area contributed by atoms with Crippen molar-refractivity contribution in [2.45, 2.75) is 25.8 Å². The highest BCUT2D eigenvalue weighted by Crippen LogP contribution is 2.38. The third-order valence-electron chi connectivity index (χ3n) is 5.57. The second-order valence-electron chi connectivity index (χ2n) is 7.49. The summed E-state index contributed by atoms with van der Waals surface area (Å²) in [5.41, 5.74) is 2.16. The molecular weight excluding hydrogens is 366 g/mol. The van der Waals surface area contributed by atoms with Gasteiger partial charge >= 0.3 is 0 Å². The normalized spacial score (nSPS) is 18.2. The van der Waals surface area contributed by atoms with Crippen LogP contribution in [0.25, 0.3) is 6.08 Å². The van der Waals surface area contributed by atoms with Crippen molar-refractivity contribution < 1.29 is 24.3 Å². The van der Waals surface area contributed by atoms with Gasteiger partial charge in [0.1, 0.15) is 18.0 Å². The second-order valence-corrected chi connectivity index (χ2v) is 7.49. The molecule has 2 heterocycles. The summed E-state index contributed by atoms with van der Waals surface area (Å²) in [5, 5.41) is 10.4. The first-order chi connectivity index (χ1) is 14.2. The number of fused-ring (bicyclic) bond motifs is 1. The van der Waals surface area contributed by atoms with Crippen molar-refractivity contribution in [1.29, 1.82) is 0 Å². The van der Waals surface area contributed by atoms with E-state index in [0.29, 0.717) is 17.9 Å². The number of likely N-dealkylation sites (tertiary alicyclic amines) is 1. The van der Waals surface area contributed by atoms with Crippen LogP contribution in [0.3, 0.4) is 0 Å². The highest BCUT2D eigenvalue weighted by Gasteiger charge is 2.32. The number of carbonyl (C=O) groups is 1. The fraction of sp³-hybridized carbons (Fsp3) is 0.292. The topological polar surface area (TPSA) is 60.2 Å². The number of methoxy groups -OCH3 is 1. The van der Waals surface area contributed by atoms with Gasteiger partial charge in [-0.1, -0.05) is 30.4 Å². The first-order valence-corrected chi connectivity index (χ1v) is 10.1. The number of nitrogens with one attached hydrogen (secondary N) is 1. The molecule has 5 nitrogen and oxygen atoms in total. The largest absolute Gasteiger partial charge is 0.507 e. The molecule has 0 unspecified atom stereocenters. The molecule has 150 valence electrons. The van der Waals surface area contributed by atoms with Crippen molar-refractivity contribution in [2.75, 3.05) is 20.2 Å². The van der Waals surface area contributed by atoms with Gasteiger partial charge in [-0.2, -0.15) is 0 Å². The summed E-state index contributed by atoms with van der Waals surface area (Å²) in [6.45, 7) is 2.84. The number of ketones is 1. The van der Waals surface area contributed by atoms with E-state index in [-0.39, 0.29) is 17.3 Å². The second kappa shape index (κ2) is 8.53. The van der Waals surface area contributed by atoms with E-state index in [1.54, 1.807) is 31.4 Å². The number of allylic oxidation sites excluding steroid dienone is 3. The van der Waals surface area contributed by atoms with Crippen LogP contribution < -0.4 is 14.4 Å². The highest BCUT2D eigenvalue weighted by molar-refractivity contribution is 6.12. The quantitative estimate of drug-likeness (QED) is 0.768. The zero-order valence-electron chi connectivity index (χ0n) is 16.6. The average molecular weight is 392 g/mol. The number of ether oxygens (including phenoxy) is 2. The number of piperidine rings is 1. The minimum Gasteiger partial charge on any atom is -0.507 e. The van der Waals surface area contributed by atoms with Crippen molar-refractivity contribution in [3.05, 3.63) is 71.0 Å². The van der Waals surface area contributed by atoms with E-state index in [4.69, 9.17) is 9.47 Å². The zero-order valence-corrected chi connectivity index (χ0v) is 16.6. The highest BCUT2D eigenvalue weighted by atomic mass is 16.5. The van der Waals surface area contributed by atoms with E-state index >= 15 is 0 Å². The number of para-hydroxylation sites is 1. The predicted octanol–water partition coefficient (Wildman–Crippen LogP) is 3.14. The van der Waals surface area contributed by atoms with Crippen LogP contribution in [0.4, 0.5) is 0 Å². The third kappa shape index (κ3) is 4.05. The number of Topliss-reactive ketones (excluding diaryl/α,β-unsaturated/α-hetero) is 1. The summed E-state index contributed by atoms with van der Waals surface area (Å²) in [6, 6.07) is 10.9. The molecule has 4 rings (SSSR count). The van der Waals surface area contributed by atoms with Crippen LogP contribution in [-0.2, 0) is 6.54 Å². The SMILES string of the molecule is COc1ccccc1/C=C/C=C1\Oc2c(ccc(O)c2C[NH+]2CCCCC2)C1=O. The maximum absolute atomic E-state index is 12.8. The van der Waals surface area contributed by atoms with Crippen molar-refractivity contribution in [2.24, 2.45) is 0 Å². The Kier molecular flexibility index (Phi) is 5.67. The van der Waals surface area contributed by atoms with E-state index in [1.807, 2.05) is 30.3 Å². The molecule has 0 amide bonds. The van der Waals surface area contributed by atoms with Crippen LogP contribution in [0.2, 0.25) is 0 Å². The van der Waals surface area contributed by atoms with Crippen LogP contribution >= 0.6 is 0 Å². The van der Waals surface area contributed by atoms with Crippen LogP contribution in [0.1, 0.15) is 40.7 Å². The molecule has 2 aliphatic heterocycles. The van der Waals surface area contributed by atoms with Gasteiger partial charge < -0.3 is 19.5 Å². The van der Waals surface area contributed by atoms with Crippen molar-refractivity contribution in [3.8, 4) is 17.2 Å². The molecule has 0 atom stereocenters. The lowest BCUT2D eigenvalue weighted by atomic mass is 10.0. The Morgan fingerprint density at radius 2 is 1.93 bits per heavy atom. The molecular formula is C24H26NO4+. The van der Waals surface area contributed by atoms with Crippen molar-refractivity contribution in [3.63, 3.8) is 0 Å². The number of benzene rings is 2. The van der Waals surface area contributed by atoms with Gasteiger partial charge in [-0.3, -0.25) is 4.79 Å². The number of hydrogen-bond donors (Lipinski definition) is 2. The molecule has 2 aromatic carbocycles. The summed E-state index contributed by atoms with van der Waals surface area (Å²) in [6.07, 6.45) is 8.99. The van der Waals surface area contributed by atoms with E-state index in [1.165, 1.54) is 24.2 Å². The molecule has 5 heteroatoms. The lowest BCUT2D eigenvalue weighted by molar-refractivity contribution is -0.918. The van der Waals surface area contributed by atoms with E-state index < -0.39 is 0 Å². The molecule has 0 radical (unpaired) electrons. The fourth-order valence-corrected chi connectivity index (χ4v) is 4.00. The van der Waals surface area contributed by atoms with Gasteiger partial charge in [-0.15, -0.1) is 0 Å². The fourth-order valence-electron chi connectivity index (χ4n) is 4.00. The first-order valence-electron chi connectivity index (χ1n) is 10.1. The summed E-state index contributed by atoms with van der Waals surface area (Å²) in [5.74, 6) is 1.58. The minimum atomic E-state index is -0.153. The van der Waals surface area contributed by atoms with Crippen LogP contribution in [0.5, 0.6) is 17.2 Å². The number of quaternary nitrogens is 1. The Hall–Kier alpha value is -3.05. The number of hydrogen-bond acceptors (Lipinski definition) is 4. The third-order valence-corrected chi connectivity index (χ3v) is 5.57. The van der Waals surface area contributed by atoms with Gasteiger partial charge in [-0.05, 0) is 43.5 Å². The number of phenolic OH excluding ortho intramolecular Hbond substituents is 1. The van der Waals surface area contributed by atoms with Crippen LogP contribution in [0, 0.1) is 0 Å². The van der Waals surface area contributed by atoms with Gasteiger partial charge in [0, 0.05) is 5.56 Å². The molecule has 0 aliphatic carbocycles. The van der Waals surface area contributed by atoms with Crippen molar-refractivity contribution in [1.82, 2.24) is 0 Å². The zero-order chi connectivity index (χ0) is 20.2. The minimum absolute atomic E-state index is 0.153. The average Bonchev–Trinajstić information content (AvgIpc) is 3.07. The van der Waals surface area contributed by atoms with Gasteiger partial charge in [0.2, 0.25) is 5.78 Å². The monoisotopic (exact) mass is 392 g/mol. The molecule has 2 N–H and O–H groups in total. The van der Waals surface area contributed by atoms with Gasteiger partial charge in [0.25, 0.3) is 0 Å². The molecule has 29 heavy (non-hydrogen) atoms. The molecule has 2 aromatic rings. The Bertz CT molecular complexity index is 971. The number of carbonyl (C=O) groups excluding carboxylic acids is 1. The summed E-state index contributed by atoms with van der Waals surface area (Å²) >= 11 is 0. The Balaban J connectivity index is 1.57. The van der Waals surface area contributed by atoms with E-state index in [2.05, 4.69) is 0 Å². The molecule has 0 saturated carbocycles. The lowest BCUT2D eigenvalue weighted by Crippen LogP contribution is -3.11. The van der Waals surface area contributed by atoms with Gasteiger partial charge in [-0.25, -0.2) is 0 Å².